The molecule has 0 N–H and O–H groups in total. The van der Waals surface area contributed by atoms with Crippen LogP contribution < -0.4 is 0 Å². The minimum absolute atomic E-state index is 0. The van der Waals surface area contributed by atoms with Gasteiger partial charge in [0.05, 0.1) is 0 Å². The summed E-state index contributed by atoms with van der Waals surface area (Å²) >= 11 is 9.43. The zero-order chi connectivity index (χ0) is 13.0. The fourth-order valence-corrected chi connectivity index (χ4v) is 1.63. The van der Waals surface area contributed by atoms with Crippen LogP contribution in [0.5, 0.6) is 0 Å². The van der Waals surface area contributed by atoms with Gasteiger partial charge in [0.25, 0.3) is 0 Å². The summed E-state index contributed by atoms with van der Waals surface area (Å²) in [6.07, 6.45) is 0. The molecule has 0 aliphatic heterocycles. The first-order valence-electron chi connectivity index (χ1n) is 4.74. The van der Waals surface area contributed by atoms with Gasteiger partial charge in [-0.15, -0.1) is 0 Å². The summed E-state index contributed by atoms with van der Waals surface area (Å²) in [5, 5.41) is 0. The topological polar surface area (TPSA) is 0 Å². The van der Waals surface area contributed by atoms with E-state index < -0.39 is 0 Å². The standard InChI is InChI=1S/C5H5.C5H.C3H8S4.Ti/c2*1-2-4-5-3-1;1-3(2,6-4)7-5;/h1-5H;1H;4-5H,1-2H3;/q-1;-5;;/p-2. The first kappa shape index (κ1) is 21.1. The van der Waals surface area contributed by atoms with Gasteiger partial charge < -0.3 is 75.2 Å². The molecule has 2 rings (SSSR count). The zero-order valence-corrected chi connectivity index (χ0v) is 14.9. The van der Waals surface area contributed by atoms with Crippen molar-refractivity contribution in [1.29, 1.82) is 0 Å². The largest absolute Gasteiger partial charge is 0.999 e. The first-order valence-corrected chi connectivity index (χ1v) is 8.22. The molecule has 0 fully saturated rings. The minimum Gasteiger partial charge on any atom is -0.999 e. The van der Waals surface area contributed by atoms with Crippen LogP contribution in [-0.2, 0) is 45.0 Å². The predicted octanol–water partition coefficient (Wildman–Crippen LogP) is 4.12. The van der Waals surface area contributed by atoms with E-state index in [-0.39, 0.29) is 25.8 Å². The molecule has 0 atom stereocenters. The van der Waals surface area contributed by atoms with Gasteiger partial charge in [-0.25, -0.2) is 12.1 Å². The van der Waals surface area contributed by atoms with Crippen LogP contribution in [0.4, 0.5) is 0 Å². The van der Waals surface area contributed by atoms with Gasteiger partial charge in [0.15, 0.2) is 0 Å². The van der Waals surface area contributed by atoms with Crippen molar-refractivity contribution in [2.75, 3.05) is 0 Å². The number of hydrogen-bond donors (Lipinski definition) is 0. The molecule has 0 aromatic heterocycles. The monoisotopic (exact) mass is 344 g/mol. The Hall–Kier alpha value is 0.814. The molecule has 0 spiro atoms. The molecule has 5 heteroatoms. The molecule has 0 unspecified atom stereocenters. The van der Waals surface area contributed by atoms with Crippen LogP contribution in [-0.4, -0.2) is 4.08 Å². The van der Waals surface area contributed by atoms with Crippen molar-refractivity contribution in [1.82, 2.24) is 0 Å². The van der Waals surface area contributed by atoms with Crippen molar-refractivity contribution in [2.24, 2.45) is 0 Å². The second kappa shape index (κ2) is 14.2. The van der Waals surface area contributed by atoms with Gasteiger partial charge in [-0.1, -0.05) is 0 Å². The molecule has 2 aromatic carbocycles. The molecule has 0 heterocycles. The number of rotatable bonds is 2. The molecular formula is C13H12S4Ti-8. The van der Waals surface area contributed by atoms with Crippen molar-refractivity contribution in [3.05, 3.63) is 60.7 Å². The molecule has 0 aliphatic rings. The van der Waals surface area contributed by atoms with Gasteiger partial charge in [-0.3, -0.25) is 0 Å². The van der Waals surface area contributed by atoms with E-state index in [1.807, 2.05) is 44.2 Å². The van der Waals surface area contributed by atoms with Gasteiger partial charge >= 0.3 is 0 Å². The van der Waals surface area contributed by atoms with Crippen LogP contribution in [0, 0.1) is 24.3 Å². The molecule has 0 aliphatic carbocycles. The quantitative estimate of drug-likeness (QED) is 0.264. The Morgan fingerprint density at radius 2 is 1.44 bits per heavy atom. The molecule has 0 radical (unpaired) electrons. The summed E-state index contributed by atoms with van der Waals surface area (Å²) in [6.45, 7) is 4.03. The molecule has 0 saturated carbocycles. The van der Waals surface area contributed by atoms with Crippen LogP contribution >= 0.6 is 21.6 Å². The second-order valence-electron chi connectivity index (χ2n) is 3.21. The molecule has 0 saturated heterocycles. The Morgan fingerprint density at radius 3 is 1.56 bits per heavy atom. The van der Waals surface area contributed by atoms with Crippen molar-refractivity contribution in [2.45, 2.75) is 17.9 Å². The Balaban J connectivity index is 0. The smallest absolute Gasteiger partial charge is 0.00943 e. The third-order valence-electron chi connectivity index (χ3n) is 1.31. The Labute approximate surface area is 144 Å². The van der Waals surface area contributed by atoms with Crippen molar-refractivity contribution in [3.8, 4) is 0 Å². The summed E-state index contributed by atoms with van der Waals surface area (Å²) < 4.78 is 0.0463. The minimum atomic E-state index is 0. The molecule has 100 valence electrons. The predicted molar refractivity (Wildman–Crippen MR) is 83.4 cm³/mol. The van der Waals surface area contributed by atoms with E-state index in [0.717, 1.165) is 0 Å². The Morgan fingerprint density at radius 1 is 1.00 bits per heavy atom. The maximum atomic E-state index is 4.72. The molecule has 0 bridgehead atoms. The maximum absolute atomic E-state index is 4.72. The second-order valence-corrected chi connectivity index (χ2v) is 6.84. The normalized spacial score (nSPS) is 9.11. The van der Waals surface area contributed by atoms with E-state index >= 15 is 0 Å². The Kier molecular flexibility index (Phi) is 16.7. The summed E-state index contributed by atoms with van der Waals surface area (Å²) in [6, 6.07) is 22.0. The van der Waals surface area contributed by atoms with Gasteiger partial charge in [0, 0.05) is 25.8 Å². The third-order valence-corrected chi connectivity index (χ3v) is 5.74. The van der Waals surface area contributed by atoms with Crippen LogP contribution in [0.3, 0.4) is 0 Å². The average molecular weight is 344 g/mol. The summed E-state index contributed by atoms with van der Waals surface area (Å²) in [4.78, 5) is 0. The average Bonchev–Trinajstić information content (AvgIpc) is 3.06. The van der Waals surface area contributed by atoms with Gasteiger partial charge in [0.2, 0.25) is 0 Å². The third kappa shape index (κ3) is 14.9. The summed E-state index contributed by atoms with van der Waals surface area (Å²) in [7, 11) is 2.74. The van der Waals surface area contributed by atoms with Gasteiger partial charge in [-0.05, 0) is 13.8 Å². The summed E-state index contributed by atoms with van der Waals surface area (Å²) in [5.41, 5.74) is 0. The molecule has 0 nitrogen and oxygen atoms in total. The Bertz CT molecular complexity index is 250. The van der Waals surface area contributed by atoms with E-state index in [4.69, 9.17) is 23.3 Å². The van der Waals surface area contributed by atoms with E-state index in [2.05, 4.69) is 24.3 Å². The maximum Gasteiger partial charge on any atom is 0.00943 e. The fraction of sp³-hybridized carbons (Fsp3) is 0.231. The van der Waals surface area contributed by atoms with E-state index in [1.54, 1.807) is 6.07 Å². The van der Waals surface area contributed by atoms with Gasteiger partial charge in [0.1, 0.15) is 0 Å². The molecular weight excluding hydrogens is 332 g/mol. The zero-order valence-electron chi connectivity index (χ0n) is 10.1. The van der Waals surface area contributed by atoms with E-state index in [1.165, 1.54) is 21.6 Å². The first-order chi connectivity index (χ1) is 8.12. The molecule has 2 aromatic rings. The van der Waals surface area contributed by atoms with Crippen molar-refractivity contribution >= 4 is 44.9 Å². The van der Waals surface area contributed by atoms with Crippen molar-refractivity contribution < 1.29 is 21.7 Å². The molecule has 0 amide bonds. The van der Waals surface area contributed by atoms with Crippen LogP contribution in [0.15, 0.2) is 36.4 Å². The van der Waals surface area contributed by atoms with Crippen LogP contribution in [0.25, 0.3) is 0 Å². The van der Waals surface area contributed by atoms with E-state index in [0.29, 0.717) is 0 Å². The van der Waals surface area contributed by atoms with Crippen LogP contribution in [0.2, 0.25) is 0 Å². The van der Waals surface area contributed by atoms with E-state index in [9.17, 15) is 0 Å². The fourth-order valence-electron chi connectivity index (χ4n) is 0.515. The summed E-state index contributed by atoms with van der Waals surface area (Å²) in [5.74, 6) is 0. The van der Waals surface area contributed by atoms with Gasteiger partial charge in [-0.2, -0.15) is 18.2 Å². The van der Waals surface area contributed by atoms with Crippen LogP contribution in [0.1, 0.15) is 13.8 Å². The SMILES string of the molecule is CC(C)(S[S-])S[S-].[Ti].[c-]1[c-][c-][cH-][c-]1.c1cc[cH-]c1. The van der Waals surface area contributed by atoms with Crippen molar-refractivity contribution in [3.63, 3.8) is 0 Å². The number of hydrogen-bond acceptors (Lipinski definition) is 4. The molecule has 18 heavy (non-hydrogen) atoms.